The third-order valence-electron chi connectivity index (χ3n) is 3.26. The van der Waals surface area contributed by atoms with E-state index in [9.17, 15) is 4.79 Å². The lowest BCUT2D eigenvalue weighted by Crippen LogP contribution is -2.59. The van der Waals surface area contributed by atoms with Crippen molar-refractivity contribution in [2.75, 3.05) is 13.2 Å². The fourth-order valence-corrected chi connectivity index (χ4v) is 2.11. The van der Waals surface area contributed by atoms with Gasteiger partial charge in [-0.15, -0.1) is 0 Å². The van der Waals surface area contributed by atoms with E-state index in [4.69, 9.17) is 9.84 Å². The molecule has 1 saturated heterocycles. The number of nitrogens with zero attached hydrogens (tertiary/aromatic N) is 1. The first-order valence-electron chi connectivity index (χ1n) is 6.12. The van der Waals surface area contributed by atoms with Crippen molar-refractivity contribution in [1.82, 2.24) is 4.90 Å². The summed E-state index contributed by atoms with van der Waals surface area (Å²) in [4.78, 5) is 14.0. The van der Waals surface area contributed by atoms with E-state index in [1.807, 2.05) is 44.2 Å². The predicted octanol–water partition coefficient (Wildman–Crippen LogP) is 1.18. The van der Waals surface area contributed by atoms with Crippen molar-refractivity contribution in [3.63, 3.8) is 0 Å². The van der Waals surface area contributed by atoms with E-state index in [1.165, 1.54) is 0 Å². The van der Waals surface area contributed by atoms with Gasteiger partial charge in [-0.05, 0) is 19.4 Å². The third kappa shape index (κ3) is 2.54. The first kappa shape index (κ1) is 13.1. The van der Waals surface area contributed by atoms with Crippen molar-refractivity contribution in [1.29, 1.82) is 0 Å². The Hall–Kier alpha value is -1.39. The predicted molar refractivity (Wildman–Crippen MR) is 67.9 cm³/mol. The Kier molecular flexibility index (Phi) is 3.68. The van der Waals surface area contributed by atoms with E-state index in [2.05, 4.69) is 0 Å². The van der Waals surface area contributed by atoms with Gasteiger partial charge in [0, 0.05) is 6.54 Å². The first-order valence-corrected chi connectivity index (χ1v) is 6.12. The molecule has 1 N–H and O–H groups in total. The van der Waals surface area contributed by atoms with Gasteiger partial charge in [0.05, 0.1) is 18.8 Å². The molecule has 1 fully saturated rings. The number of aliphatic hydroxyl groups excluding tert-OH is 1. The van der Waals surface area contributed by atoms with Gasteiger partial charge in [0.1, 0.15) is 0 Å². The highest BCUT2D eigenvalue weighted by Gasteiger charge is 2.40. The van der Waals surface area contributed by atoms with Gasteiger partial charge in [-0.25, -0.2) is 0 Å². The maximum atomic E-state index is 12.2. The van der Waals surface area contributed by atoms with Crippen LogP contribution in [0, 0.1) is 0 Å². The maximum absolute atomic E-state index is 12.2. The Labute approximate surface area is 107 Å². The summed E-state index contributed by atoms with van der Waals surface area (Å²) < 4.78 is 5.38. The molecule has 1 aromatic carbocycles. The minimum absolute atomic E-state index is 0.141. The number of benzene rings is 1. The third-order valence-corrected chi connectivity index (χ3v) is 3.26. The lowest BCUT2D eigenvalue weighted by molar-refractivity contribution is -0.172. The summed E-state index contributed by atoms with van der Waals surface area (Å²) in [7, 11) is 0. The molecule has 4 heteroatoms. The molecular weight excluding hydrogens is 230 g/mol. The van der Waals surface area contributed by atoms with Crippen molar-refractivity contribution >= 4 is 5.91 Å². The van der Waals surface area contributed by atoms with Crippen LogP contribution in [-0.2, 0) is 16.1 Å². The van der Waals surface area contributed by atoms with Crippen molar-refractivity contribution in [3.8, 4) is 0 Å². The van der Waals surface area contributed by atoms with E-state index in [0.29, 0.717) is 13.2 Å². The second-order valence-corrected chi connectivity index (χ2v) is 5.20. The minimum Gasteiger partial charge on any atom is -0.393 e. The molecule has 98 valence electrons. The summed E-state index contributed by atoms with van der Waals surface area (Å²) in [5.74, 6) is -0.141. The highest BCUT2D eigenvalue weighted by atomic mass is 16.5. The van der Waals surface area contributed by atoms with Crippen molar-refractivity contribution in [2.24, 2.45) is 0 Å². The summed E-state index contributed by atoms with van der Waals surface area (Å²) in [6.07, 6.45) is -0.721. The molecule has 1 aliphatic heterocycles. The fourth-order valence-electron chi connectivity index (χ4n) is 2.11. The molecule has 0 spiro atoms. The van der Waals surface area contributed by atoms with Gasteiger partial charge in [-0.3, -0.25) is 4.79 Å². The summed E-state index contributed by atoms with van der Waals surface area (Å²) >= 11 is 0. The largest absolute Gasteiger partial charge is 0.393 e. The minimum atomic E-state index is -0.721. The molecule has 1 amide bonds. The Morgan fingerprint density at radius 2 is 2.06 bits per heavy atom. The van der Waals surface area contributed by atoms with Crippen molar-refractivity contribution in [2.45, 2.75) is 32.0 Å². The summed E-state index contributed by atoms with van der Waals surface area (Å²) in [5, 5.41) is 9.14. The Morgan fingerprint density at radius 1 is 1.39 bits per heavy atom. The molecule has 1 aromatic rings. The molecule has 18 heavy (non-hydrogen) atoms. The molecular formula is C14H19NO3. The van der Waals surface area contributed by atoms with Crippen LogP contribution in [0.1, 0.15) is 19.4 Å². The average molecular weight is 249 g/mol. The quantitative estimate of drug-likeness (QED) is 0.875. The molecule has 1 atom stereocenters. The lowest BCUT2D eigenvalue weighted by atomic mass is 9.99. The molecule has 1 heterocycles. The zero-order chi connectivity index (χ0) is 13.2. The number of aliphatic hydroxyl groups is 1. The molecule has 0 aromatic heterocycles. The van der Waals surface area contributed by atoms with Gasteiger partial charge >= 0.3 is 0 Å². The normalized spacial score (nSPS) is 23.2. The number of amides is 1. The maximum Gasteiger partial charge on any atom is 0.254 e. The molecule has 0 saturated carbocycles. The number of ether oxygens (including phenoxy) is 1. The second kappa shape index (κ2) is 5.08. The van der Waals surface area contributed by atoms with E-state index >= 15 is 0 Å². The molecule has 1 aliphatic rings. The smallest absolute Gasteiger partial charge is 0.254 e. The Bertz CT molecular complexity index is 416. The number of carbonyl (C=O) groups excluding carboxylic acids is 1. The lowest BCUT2D eigenvalue weighted by Gasteiger charge is -2.44. The number of rotatable bonds is 3. The van der Waals surface area contributed by atoms with Gasteiger partial charge in [-0.2, -0.15) is 0 Å². The number of morpholine rings is 1. The zero-order valence-corrected chi connectivity index (χ0v) is 10.8. The van der Waals surface area contributed by atoms with E-state index in [0.717, 1.165) is 5.56 Å². The standard InChI is InChI=1S/C14H19NO3/c1-14(2)10-18-12(9-16)13(17)15(14)8-11-6-4-3-5-7-11/h3-7,12,16H,8-10H2,1-2H3. The molecule has 0 aliphatic carbocycles. The number of hydrogen-bond acceptors (Lipinski definition) is 3. The van der Waals surface area contributed by atoms with Crippen LogP contribution in [0.3, 0.4) is 0 Å². The van der Waals surface area contributed by atoms with E-state index < -0.39 is 6.10 Å². The van der Waals surface area contributed by atoms with Gasteiger partial charge in [0.25, 0.3) is 5.91 Å². The highest BCUT2D eigenvalue weighted by molar-refractivity contribution is 5.82. The molecule has 0 bridgehead atoms. The topological polar surface area (TPSA) is 49.8 Å². The summed E-state index contributed by atoms with van der Waals surface area (Å²) in [6, 6.07) is 9.85. The van der Waals surface area contributed by atoms with Crippen LogP contribution in [0.2, 0.25) is 0 Å². The van der Waals surface area contributed by atoms with Gasteiger partial charge in [0.15, 0.2) is 6.10 Å². The molecule has 2 rings (SSSR count). The highest BCUT2D eigenvalue weighted by Crippen LogP contribution is 2.25. The van der Waals surface area contributed by atoms with Crippen LogP contribution in [0.15, 0.2) is 30.3 Å². The number of hydrogen-bond donors (Lipinski definition) is 1. The van der Waals surface area contributed by atoms with Crippen LogP contribution >= 0.6 is 0 Å². The van der Waals surface area contributed by atoms with Crippen LogP contribution < -0.4 is 0 Å². The van der Waals surface area contributed by atoms with Crippen LogP contribution in [0.5, 0.6) is 0 Å². The first-order chi connectivity index (χ1) is 8.54. The van der Waals surface area contributed by atoms with E-state index in [-0.39, 0.29) is 18.1 Å². The molecule has 4 nitrogen and oxygen atoms in total. The Morgan fingerprint density at radius 3 is 2.67 bits per heavy atom. The molecule has 0 radical (unpaired) electrons. The summed E-state index contributed by atoms with van der Waals surface area (Å²) in [6.45, 7) is 4.67. The monoisotopic (exact) mass is 249 g/mol. The number of carbonyl (C=O) groups is 1. The SMILES string of the molecule is CC1(C)COC(CO)C(=O)N1Cc1ccccc1. The fraction of sp³-hybridized carbons (Fsp3) is 0.500. The molecule has 1 unspecified atom stereocenters. The summed E-state index contributed by atoms with van der Waals surface area (Å²) in [5.41, 5.74) is 0.732. The Balaban J connectivity index is 2.19. The van der Waals surface area contributed by atoms with E-state index in [1.54, 1.807) is 4.90 Å². The van der Waals surface area contributed by atoms with Crippen LogP contribution in [-0.4, -0.2) is 40.8 Å². The van der Waals surface area contributed by atoms with Gasteiger partial charge < -0.3 is 14.7 Å². The van der Waals surface area contributed by atoms with Gasteiger partial charge in [-0.1, -0.05) is 30.3 Å². The second-order valence-electron chi connectivity index (χ2n) is 5.20. The van der Waals surface area contributed by atoms with Crippen molar-refractivity contribution < 1.29 is 14.6 Å². The van der Waals surface area contributed by atoms with Crippen molar-refractivity contribution in [3.05, 3.63) is 35.9 Å². The van der Waals surface area contributed by atoms with Crippen LogP contribution in [0.25, 0.3) is 0 Å². The van der Waals surface area contributed by atoms with Crippen LogP contribution in [0.4, 0.5) is 0 Å². The average Bonchev–Trinajstić information content (AvgIpc) is 2.36. The van der Waals surface area contributed by atoms with Gasteiger partial charge in [0.2, 0.25) is 0 Å². The zero-order valence-electron chi connectivity index (χ0n) is 10.8.